The van der Waals surface area contributed by atoms with Crippen LogP contribution in [0.15, 0.2) is 30.3 Å². The topological polar surface area (TPSA) is 37.9 Å². The molecule has 0 unspecified atom stereocenters. The molecule has 0 atom stereocenters. The molecule has 6 heteroatoms. The van der Waals surface area contributed by atoms with Crippen molar-refractivity contribution in [1.82, 2.24) is 9.97 Å². The molecule has 0 fully saturated rings. The molecule has 3 nitrogen and oxygen atoms in total. The Morgan fingerprint density at radius 3 is 2.70 bits per heavy atom. The van der Waals surface area contributed by atoms with Crippen molar-refractivity contribution in [2.24, 2.45) is 0 Å². The smallest absolute Gasteiger partial charge is 0.145 e. The van der Waals surface area contributed by atoms with Crippen molar-refractivity contribution in [3.8, 4) is 17.1 Å². The summed E-state index contributed by atoms with van der Waals surface area (Å²) in [5.74, 6) is 0.357. The van der Waals surface area contributed by atoms with Gasteiger partial charge >= 0.3 is 0 Å². The van der Waals surface area contributed by atoms with Crippen LogP contribution in [0, 0.1) is 5.82 Å². The van der Waals surface area contributed by atoms with Crippen LogP contribution < -0.4 is 4.74 Å². The molecule has 2 aromatic carbocycles. The van der Waals surface area contributed by atoms with Gasteiger partial charge in [0.15, 0.2) is 0 Å². The molecule has 3 aromatic rings. The largest absolute Gasteiger partial charge is 0.496 e. The average Bonchev–Trinajstić information content (AvgIpc) is 2.81. The van der Waals surface area contributed by atoms with Gasteiger partial charge in [-0.2, -0.15) is 0 Å². The fourth-order valence-electron chi connectivity index (χ4n) is 2.03. The average molecular weight is 311 g/mol. The van der Waals surface area contributed by atoms with Crippen LogP contribution >= 0.6 is 23.2 Å². The van der Waals surface area contributed by atoms with E-state index >= 15 is 0 Å². The summed E-state index contributed by atoms with van der Waals surface area (Å²) in [6, 6.07) is 7.89. The summed E-state index contributed by atoms with van der Waals surface area (Å²) in [6.45, 7) is 0. The molecule has 0 aliphatic heterocycles. The number of ether oxygens (including phenoxy) is 1. The number of nitrogens with zero attached hydrogens (tertiary/aromatic N) is 1. The third-order valence-corrected chi connectivity index (χ3v) is 3.68. The number of methoxy groups -OCH3 is 1. The number of nitrogens with one attached hydrogen (secondary N) is 1. The quantitative estimate of drug-likeness (QED) is 0.746. The molecular formula is C14H9Cl2FN2O. The summed E-state index contributed by atoms with van der Waals surface area (Å²) < 4.78 is 19.2. The van der Waals surface area contributed by atoms with Gasteiger partial charge in [0.25, 0.3) is 0 Å². The maximum Gasteiger partial charge on any atom is 0.145 e. The van der Waals surface area contributed by atoms with Gasteiger partial charge in [0.1, 0.15) is 17.4 Å². The van der Waals surface area contributed by atoms with E-state index in [1.165, 1.54) is 13.2 Å². The molecule has 1 N–H and O–H groups in total. The zero-order valence-electron chi connectivity index (χ0n) is 10.4. The highest BCUT2D eigenvalue weighted by atomic mass is 35.5. The maximum absolute atomic E-state index is 14.0. The van der Waals surface area contributed by atoms with Crippen molar-refractivity contribution in [3.05, 3.63) is 46.2 Å². The Kier molecular flexibility index (Phi) is 3.28. The van der Waals surface area contributed by atoms with Gasteiger partial charge in [-0.05, 0) is 24.3 Å². The van der Waals surface area contributed by atoms with Crippen molar-refractivity contribution in [2.75, 3.05) is 7.11 Å². The van der Waals surface area contributed by atoms with E-state index in [2.05, 4.69) is 9.97 Å². The van der Waals surface area contributed by atoms with Crippen LogP contribution in [-0.2, 0) is 0 Å². The maximum atomic E-state index is 14.0. The minimum atomic E-state index is -0.416. The lowest BCUT2D eigenvalue weighted by molar-refractivity contribution is 0.413. The van der Waals surface area contributed by atoms with Gasteiger partial charge < -0.3 is 9.72 Å². The van der Waals surface area contributed by atoms with Crippen molar-refractivity contribution >= 4 is 34.2 Å². The Labute approximate surface area is 124 Å². The Hall–Kier alpha value is -1.78. The summed E-state index contributed by atoms with van der Waals surface area (Å²) in [5.41, 5.74) is 1.57. The molecule has 0 aliphatic carbocycles. The third kappa shape index (κ3) is 2.11. The van der Waals surface area contributed by atoms with Gasteiger partial charge in [-0.15, -0.1) is 0 Å². The van der Waals surface area contributed by atoms with Crippen molar-refractivity contribution in [3.63, 3.8) is 0 Å². The predicted octanol–water partition coefficient (Wildman–Crippen LogP) is 4.68. The van der Waals surface area contributed by atoms with E-state index in [1.54, 1.807) is 24.3 Å². The molecule has 0 aliphatic rings. The monoisotopic (exact) mass is 310 g/mol. The molecule has 1 heterocycles. The standard InChI is InChI=1S/C14H9Cl2FN2O/c1-20-12-4-2-3-9(17)13(12)14-18-10-5-7(15)8(16)6-11(10)19-14/h2-6H,1H3,(H,18,19). The molecular weight excluding hydrogens is 302 g/mol. The normalized spacial score (nSPS) is 11.0. The summed E-state index contributed by atoms with van der Waals surface area (Å²) in [6.07, 6.45) is 0. The molecule has 20 heavy (non-hydrogen) atoms. The highest BCUT2D eigenvalue weighted by Gasteiger charge is 2.16. The van der Waals surface area contributed by atoms with Gasteiger partial charge in [-0.3, -0.25) is 0 Å². The molecule has 1 aromatic heterocycles. The third-order valence-electron chi connectivity index (χ3n) is 2.96. The molecule has 3 rings (SSSR count). The Balaban J connectivity index is 2.25. The van der Waals surface area contributed by atoms with E-state index in [0.717, 1.165) is 0 Å². The zero-order valence-corrected chi connectivity index (χ0v) is 11.9. The number of hydrogen-bond donors (Lipinski definition) is 1. The van der Waals surface area contributed by atoms with E-state index in [1.807, 2.05) is 0 Å². The van der Waals surface area contributed by atoms with Crippen molar-refractivity contribution < 1.29 is 9.13 Å². The first-order valence-corrected chi connectivity index (χ1v) is 6.53. The Bertz CT molecular complexity index is 762. The number of aromatic nitrogens is 2. The van der Waals surface area contributed by atoms with Crippen LogP contribution in [0.5, 0.6) is 5.75 Å². The molecule has 102 valence electrons. The van der Waals surface area contributed by atoms with Crippen molar-refractivity contribution in [2.45, 2.75) is 0 Å². The summed E-state index contributed by atoms with van der Waals surface area (Å²) in [5, 5.41) is 0.813. The highest BCUT2D eigenvalue weighted by molar-refractivity contribution is 6.42. The van der Waals surface area contributed by atoms with E-state index in [4.69, 9.17) is 27.9 Å². The number of fused-ring (bicyclic) bond motifs is 1. The van der Waals surface area contributed by atoms with Crippen LogP contribution in [0.3, 0.4) is 0 Å². The second-order valence-corrected chi connectivity index (χ2v) is 5.00. The van der Waals surface area contributed by atoms with Crippen LogP contribution in [0.25, 0.3) is 22.4 Å². The van der Waals surface area contributed by atoms with E-state index in [0.29, 0.717) is 32.7 Å². The van der Waals surface area contributed by atoms with E-state index in [-0.39, 0.29) is 5.56 Å². The van der Waals surface area contributed by atoms with Gasteiger partial charge in [0.05, 0.1) is 33.8 Å². The minimum absolute atomic E-state index is 0.276. The summed E-state index contributed by atoms with van der Waals surface area (Å²) >= 11 is 11.9. The predicted molar refractivity (Wildman–Crippen MR) is 78.1 cm³/mol. The molecule has 0 amide bonds. The molecule has 0 saturated carbocycles. The first-order valence-electron chi connectivity index (χ1n) is 5.78. The van der Waals surface area contributed by atoms with Gasteiger partial charge in [-0.1, -0.05) is 29.3 Å². The fourth-order valence-corrected chi connectivity index (χ4v) is 2.35. The lowest BCUT2D eigenvalue weighted by Gasteiger charge is -2.06. The number of imidazole rings is 1. The van der Waals surface area contributed by atoms with Gasteiger partial charge in [-0.25, -0.2) is 9.37 Å². The Morgan fingerprint density at radius 2 is 1.95 bits per heavy atom. The van der Waals surface area contributed by atoms with Crippen molar-refractivity contribution in [1.29, 1.82) is 0 Å². The first-order chi connectivity index (χ1) is 9.60. The number of halogens is 3. The van der Waals surface area contributed by atoms with E-state index < -0.39 is 5.82 Å². The molecule has 0 bridgehead atoms. The van der Waals surface area contributed by atoms with Gasteiger partial charge in [0, 0.05) is 0 Å². The number of aromatic amines is 1. The lowest BCUT2D eigenvalue weighted by Crippen LogP contribution is -1.92. The van der Waals surface area contributed by atoms with Crippen LogP contribution in [0.4, 0.5) is 4.39 Å². The number of H-pyrrole nitrogens is 1. The van der Waals surface area contributed by atoms with Gasteiger partial charge in [0.2, 0.25) is 0 Å². The number of benzene rings is 2. The fraction of sp³-hybridized carbons (Fsp3) is 0.0714. The summed E-state index contributed by atoms with van der Waals surface area (Å²) in [7, 11) is 1.48. The second-order valence-electron chi connectivity index (χ2n) is 4.19. The zero-order chi connectivity index (χ0) is 14.3. The molecule has 0 saturated heterocycles. The molecule has 0 radical (unpaired) electrons. The second kappa shape index (κ2) is 4.96. The lowest BCUT2D eigenvalue weighted by atomic mass is 10.2. The first kappa shape index (κ1) is 13.2. The SMILES string of the molecule is COc1cccc(F)c1-c1nc2cc(Cl)c(Cl)cc2[nH]1. The van der Waals surface area contributed by atoms with Crippen LogP contribution in [-0.4, -0.2) is 17.1 Å². The summed E-state index contributed by atoms with van der Waals surface area (Å²) in [4.78, 5) is 7.36. The minimum Gasteiger partial charge on any atom is -0.496 e. The number of rotatable bonds is 2. The number of hydrogen-bond acceptors (Lipinski definition) is 2. The molecule has 0 spiro atoms. The van der Waals surface area contributed by atoms with Crippen LogP contribution in [0.1, 0.15) is 0 Å². The highest BCUT2D eigenvalue weighted by Crippen LogP contribution is 2.33. The Morgan fingerprint density at radius 1 is 1.20 bits per heavy atom. The van der Waals surface area contributed by atoms with E-state index in [9.17, 15) is 4.39 Å². The van der Waals surface area contributed by atoms with Crippen LogP contribution in [0.2, 0.25) is 10.0 Å².